The van der Waals surface area contributed by atoms with E-state index in [0.717, 1.165) is 87.8 Å². The predicted molar refractivity (Wildman–Crippen MR) is 140 cm³/mol. The van der Waals surface area contributed by atoms with Crippen molar-refractivity contribution in [3.63, 3.8) is 0 Å². The summed E-state index contributed by atoms with van der Waals surface area (Å²) in [5.41, 5.74) is 3.34. The van der Waals surface area contributed by atoms with Gasteiger partial charge in [0.1, 0.15) is 11.6 Å². The van der Waals surface area contributed by atoms with Crippen molar-refractivity contribution in [2.45, 2.75) is 25.9 Å². The molecule has 1 aromatic heterocycles. The predicted octanol–water partition coefficient (Wildman–Crippen LogP) is 2.44. The summed E-state index contributed by atoms with van der Waals surface area (Å²) in [6, 6.07) is 16.5. The molecule has 1 amide bonds. The largest absolute Gasteiger partial charge is 0.497 e. The number of amides is 1. The fourth-order valence-electron chi connectivity index (χ4n) is 5.53. The molecule has 1 atom stereocenters. The minimum Gasteiger partial charge on any atom is -0.497 e. The Hall–Kier alpha value is -2.94. The highest BCUT2D eigenvalue weighted by atomic mass is 16.5. The summed E-state index contributed by atoms with van der Waals surface area (Å²) in [5, 5.41) is 9.18. The molecule has 2 aliphatic heterocycles. The van der Waals surface area contributed by atoms with Gasteiger partial charge in [0, 0.05) is 45.8 Å². The van der Waals surface area contributed by atoms with Gasteiger partial charge in [0.15, 0.2) is 0 Å². The molecule has 8 heteroatoms. The Balaban J connectivity index is 1.28. The number of aliphatic hydroxyl groups is 1. The number of para-hydroxylation sites is 2. The van der Waals surface area contributed by atoms with Gasteiger partial charge in [0.2, 0.25) is 5.91 Å². The van der Waals surface area contributed by atoms with E-state index in [9.17, 15) is 9.90 Å². The summed E-state index contributed by atoms with van der Waals surface area (Å²) >= 11 is 0. The molecule has 2 aliphatic rings. The van der Waals surface area contributed by atoms with Crippen molar-refractivity contribution in [2.24, 2.45) is 5.92 Å². The number of β-amino-alcohol motifs (C(OH)–C–C–N with tert-alkyl or cyclic N) is 1. The van der Waals surface area contributed by atoms with Gasteiger partial charge in [-0.25, -0.2) is 4.98 Å². The summed E-state index contributed by atoms with van der Waals surface area (Å²) < 4.78 is 7.63. The number of carbonyl (C=O) groups excluding carboxylic acids is 1. The third kappa shape index (κ3) is 5.56. The topological polar surface area (TPSA) is 74.1 Å². The monoisotopic (exact) mass is 491 g/mol. The zero-order valence-corrected chi connectivity index (χ0v) is 21.2. The third-order valence-electron chi connectivity index (χ3n) is 7.55. The van der Waals surface area contributed by atoms with Gasteiger partial charge in [-0.1, -0.05) is 24.3 Å². The van der Waals surface area contributed by atoms with Crippen LogP contribution in [0, 0.1) is 5.92 Å². The summed E-state index contributed by atoms with van der Waals surface area (Å²) in [7, 11) is 1.68. The molecular formula is C28H37N5O3. The molecule has 0 bridgehead atoms. The lowest BCUT2D eigenvalue weighted by molar-refractivity contribution is -0.139. The molecule has 36 heavy (non-hydrogen) atoms. The van der Waals surface area contributed by atoms with Gasteiger partial charge in [-0.3, -0.25) is 14.6 Å². The number of piperidine rings is 1. The van der Waals surface area contributed by atoms with Gasteiger partial charge >= 0.3 is 0 Å². The van der Waals surface area contributed by atoms with Crippen LogP contribution >= 0.6 is 0 Å². The summed E-state index contributed by atoms with van der Waals surface area (Å²) in [4.78, 5) is 25.0. The number of hydrogen-bond donors (Lipinski definition) is 1. The van der Waals surface area contributed by atoms with Crippen LogP contribution in [0.4, 0.5) is 0 Å². The van der Waals surface area contributed by atoms with Crippen LogP contribution in [-0.4, -0.2) is 94.8 Å². The van der Waals surface area contributed by atoms with Gasteiger partial charge < -0.3 is 19.3 Å². The molecule has 192 valence electrons. The molecule has 2 fully saturated rings. The first-order chi connectivity index (χ1) is 17.6. The molecule has 0 unspecified atom stereocenters. The third-order valence-corrected chi connectivity index (χ3v) is 7.55. The Labute approximate surface area is 213 Å². The van der Waals surface area contributed by atoms with Crippen LogP contribution < -0.4 is 4.74 Å². The van der Waals surface area contributed by atoms with Crippen LogP contribution in [0.1, 0.15) is 24.2 Å². The van der Waals surface area contributed by atoms with E-state index in [1.54, 1.807) is 7.11 Å². The number of imidazole rings is 1. The number of hydrogen-bond acceptors (Lipinski definition) is 6. The van der Waals surface area contributed by atoms with Crippen molar-refractivity contribution < 1.29 is 14.6 Å². The number of fused-ring (bicyclic) bond motifs is 1. The summed E-state index contributed by atoms with van der Waals surface area (Å²) in [6.07, 6.45) is 1.98. The van der Waals surface area contributed by atoms with Crippen LogP contribution in [0.25, 0.3) is 11.0 Å². The fourth-order valence-corrected chi connectivity index (χ4v) is 5.53. The van der Waals surface area contributed by atoms with Gasteiger partial charge in [-0.15, -0.1) is 0 Å². The van der Waals surface area contributed by atoms with E-state index in [2.05, 4.69) is 44.7 Å². The van der Waals surface area contributed by atoms with E-state index in [-0.39, 0.29) is 18.4 Å². The van der Waals surface area contributed by atoms with E-state index < -0.39 is 0 Å². The lowest BCUT2D eigenvalue weighted by Crippen LogP contribution is -2.52. The average molecular weight is 492 g/mol. The second-order valence-corrected chi connectivity index (χ2v) is 9.92. The van der Waals surface area contributed by atoms with Crippen molar-refractivity contribution in [3.8, 4) is 5.75 Å². The number of likely N-dealkylation sites (tertiary alicyclic amines) is 1. The quantitative estimate of drug-likeness (QED) is 0.522. The Bertz CT molecular complexity index is 1150. The lowest BCUT2D eigenvalue weighted by Gasteiger charge is -2.38. The van der Waals surface area contributed by atoms with E-state index in [4.69, 9.17) is 9.72 Å². The van der Waals surface area contributed by atoms with Gasteiger partial charge in [-0.05, 0) is 49.2 Å². The molecule has 3 heterocycles. The van der Waals surface area contributed by atoms with E-state index in [1.165, 1.54) is 5.56 Å². The Kier molecular flexibility index (Phi) is 7.84. The second kappa shape index (κ2) is 11.4. The Morgan fingerprint density at radius 2 is 1.78 bits per heavy atom. The molecule has 2 aromatic carbocycles. The maximum atomic E-state index is 13.3. The van der Waals surface area contributed by atoms with E-state index in [1.807, 2.05) is 23.1 Å². The van der Waals surface area contributed by atoms with Gasteiger partial charge in [-0.2, -0.15) is 0 Å². The summed E-state index contributed by atoms with van der Waals surface area (Å²) in [6.45, 7) is 7.32. The van der Waals surface area contributed by atoms with Crippen molar-refractivity contribution >= 4 is 16.9 Å². The number of rotatable bonds is 8. The van der Waals surface area contributed by atoms with Crippen LogP contribution in [0.2, 0.25) is 0 Å². The van der Waals surface area contributed by atoms with E-state index in [0.29, 0.717) is 6.54 Å². The minimum absolute atomic E-state index is 0.0440. The van der Waals surface area contributed by atoms with Crippen molar-refractivity contribution in [2.75, 3.05) is 59.5 Å². The number of ether oxygens (including phenoxy) is 1. The number of piperazine rings is 1. The SMILES string of the molecule is COc1ccc(Cn2c(CN3CCC[C@@H](C(=O)N4CCN(CCO)CC4)C3)nc3ccccc32)cc1. The first-order valence-electron chi connectivity index (χ1n) is 13.1. The highest BCUT2D eigenvalue weighted by Gasteiger charge is 2.31. The molecule has 2 saturated heterocycles. The summed E-state index contributed by atoms with van der Waals surface area (Å²) in [5.74, 6) is 2.23. The van der Waals surface area contributed by atoms with Crippen LogP contribution in [0.3, 0.4) is 0 Å². The number of carbonyl (C=O) groups is 1. The van der Waals surface area contributed by atoms with Crippen LogP contribution in [0.15, 0.2) is 48.5 Å². The minimum atomic E-state index is 0.0440. The fraction of sp³-hybridized carbons (Fsp3) is 0.500. The molecule has 1 N–H and O–H groups in total. The van der Waals surface area contributed by atoms with Gasteiger partial charge in [0.05, 0.1) is 37.2 Å². The standard InChI is InChI=1S/C28H37N5O3/c1-36-24-10-8-22(9-11-24)19-33-26-7-3-2-6-25(26)29-27(33)21-31-12-4-5-23(20-31)28(35)32-15-13-30(14-16-32)17-18-34/h2-3,6-11,23,34H,4-5,12-21H2,1H3/t23-/m1/s1. The first kappa shape index (κ1) is 24.7. The molecular weight excluding hydrogens is 454 g/mol. The number of aromatic nitrogens is 2. The number of nitrogens with zero attached hydrogens (tertiary/aromatic N) is 5. The Morgan fingerprint density at radius 3 is 2.53 bits per heavy atom. The maximum Gasteiger partial charge on any atom is 0.227 e. The first-order valence-corrected chi connectivity index (χ1v) is 13.1. The second-order valence-electron chi connectivity index (χ2n) is 9.92. The highest BCUT2D eigenvalue weighted by Crippen LogP contribution is 2.24. The van der Waals surface area contributed by atoms with E-state index >= 15 is 0 Å². The molecule has 0 aliphatic carbocycles. The molecule has 8 nitrogen and oxygen atoms in total. The maximum absolute atomic E-state index is 13.3. The normalized spacial score (nSPS) is 19.6. The average Bonchev–Trinajstić information content (AvgIpc) is 3.26. The number of aliphatic hydroxyl groups excluding tert-OH is 1. The van der Waals surface area contributed by atoms with Crippen LogP contribution in [-0.2, 0) is 17.9 Å². The number of methoxy groups -OCH3 is 1. The molecule has 5 rings (SSSR count). The molecule has 3 aromatic rings. The van der Waals surface area contributed by atoms with Crippen molar-refractivity contribution in [1.29, 1.82) is 0 Å². The molecule has 0 radical (unpaired) electrons. The number of benzene rings is 2. The Morgan fingerprint density at radius 1 is 1.00 bits per heavy atom. The van der Waals surface area contributed by atoms with Gasteiger partial charge in [0.25, 0.3) is 0 Å². The zero-order chi connectivity index (χ0) is 24.9. The lowest BCUT2D eigenvalue weighted by atomic mass is 9.96. The zero-order valence-electron chi connectivity index (χ0n) is 21.2. The molecule has 0 spiro atoms. The smallest absolute Gasteiger partial charge is 0.227 e. The van der Waals surface area contributed by atoms with Crippen molar-refractivity contribution in [3.05, 3.63) is 59.9 Å². The van der Waals surface area contributed by atoms with Crippen molar-refractivity contribution in [1.82, 2.24) is 24.3 Å². The highest BCUT2D eigenvalue weighted by molar-refractivity contribution is 5.79. The van der Waals surface area contributed by atoms with Crippen LogP contribution in [0.5, 0.6) is 5.75 Å². The molecule has 0 saturated carbocycles.